The predicted octanol–water partition coefficient (Wildman–Crippen LogP) is 2.74. The van der Waals surface area contributed by atoms with E-state index in [2.05, 4.69) is 15.4 Å². The van der Waals surface area contributed by atoms with Crippen molar-refractivity contribution in [1.82, 2.24) is 20.1 Å². The van der Waals surface area contributed by atoms with E-state index in [0.717, 1.165) is 11.1 Å². The molecular weight excluding hydrogens is 288 g/mol. The molecule has 2 heterocycles. The summed E-state index contributed by atoms with van der Waals surface area (Å²) in [6, 6.07) is 14.9. The summed E-state index contributed by atoms with van der Waals surface area (Å²) in [6.07, 6.45) is 6.91. The Hall–Kier alpha value is -2.95. The van der Waals surface area contributed by atoms with E-state index in [0.29, 0.717) is 0 Å². The largest absolute Gasteiger partial charge is 0.343 e. The Bertz CT molecular complexity index is 702. The van der Waals surface area contributed by atoms with Crippen LogP contribution in [-0.4, -0.2) is 20.7 Å². The van der Waals surface area contributed by atoms with Gasteiger partial charge in [0.05, 0.1) is 6.04 Å². The first-order valence-corrected chi connectivity index (χ1v) is 7.50. The van der Waals surface area contributed by atoms with Crippen LogP contribution in [0.5, 0.6) is 0 Å². The van der Waals surface area contributed by atoms with Crippen molar-refractivity contribution in [2.75, 3.05) is 0 Å². The Morgan fingerprint density at radius 3 is 2.35 bits per heavy atom. The molecule has 2 atom stereocenters. The molecule has 0 radical (unpaired) electrons. The van der Waals surface area contributed by atoms with Gasteiger partial charge in [-0.3, -0.25) is 14.5 Å². The summed E-state index contributed by atoms with van der Waals surface area (Å²) in [5.41, 5.74) is 2.02. The van der Waals surface area contributed by atoms with Crippen molar-refractivity contribution in [2.45, 2.75) is 19.0 Å². The minimum absolute atomic E-state index is 0.0839. The monoisotopic (exact) mass is 306 g/mol. The number of rotatable bonds is 5. The minimum Gasteiger partial charge on any atom is -0.343 e. The fourth-order valence-corrected chi connectivity index (χ4v) is 2.45. The molecule has 0 aliphatic rings. The summed E-state index contributed by atoms with van der Waals surface area (Å²) in [5.74, 6) is -0.0839. The first kappa shape index (κ1) is 15.0. The molecule has 1 N–H and O–H groups in total. The van der Waals surface area contributed by atoms with E-state index in [1.54, 1.807) is 35.5 Å². The average molecular weight is 306 g/mol. The first-order valence-electron chi connectivity index (χ1n) is 7.50. The molecule has 116 valence electrons. The van der Waals surface area contributed by atoms with Crippen molar-refractivity contribution in [3.63, 3.8) is 0 Å². The van der Waals surface area contributed by atoms with Crippen LogP contribution in [0.2, 0.25) is 0 Å². The van der Waals surface area contributed by atoms with E-state index in [1.807, 2.05) is 49.4 Å². The van der Waals surface area contributed by atoms with E-state index in [4.69, 9.17) is 0 Å². The van der Waals surface area contributed by atoms with Gasteiger partial charge in [0.15, 0.2) is 0 Å². The number of nitrogens with one attached hydrogen (secondary N) is 1. The number of nitrogens with zero attached hydrogens (tertiary/aromatic N) is 3. The number of pyridine rings is 1. The van der Waals surface area contributed by atoms with Gasteiger partial charge in [-0.15, -0.1) is 0 Å². The molecule has 0 aliphatic heterocycles. The number of carbonyl (C=O) groups excluding carboxylic acids is 1. The van der Waals surface area contributed by atoms with Crippen LogP contribution in [0.25, 0.3) is 0 Å². The topological polar surface area (TPSA) is 59.8 Å². The van der Waals surface area contributed by atoms with Crippen LogP contribution >= 0.6 is 0 Å². The van der Waals surface area contributed by atoms with E-state index < -0.39 is 0 Å². The molecule has 3 aromatic rings. The van der Waals surface area contributed by atoms with E-state index in [-0.39, 0.29) is 18.0 Å². The average Bonchev–Trinajstić information content (AvgIpc) is 3.15. The molecule has 5 heteroatoms. The Morgan fingerprint density at radius 2 is 1.70 bits per heavy atom. The minimum atomic E-state index is -0.377. The first-order chi connectivity index (χ1) is 11.3. The molecule has 23 heavy (non-hydrogen) atoms. The third-order valence-electron chi connectivity index (χ3n) is 3.76. The summed E-state index contributed by atoms with van der Waals surface area (Å²) >= 11 is 0. The van der Waals surface area contributed by atoms with Crippen LogP contribution in [0.3, 0.4) is 0 Å². The third kappa shape index (κ3) is 3.45. The molecule has 1 aromatic carbocycles. The fraction of sp³-hybridized carbons (Fsp3) is 0.167. The Balaban J connectivity index is 1.86. The number of hydrogen-bond donors (Lipinski definition) is 1. The van der Waals surface area contributed by atoms with Crippen LogP contribution in [0.4, 0.5) is 0 Å². The molecule has 0 spiro atoms. The normalized spacial score (nSPS) is 13.3. The molecule has 0 saturated heterocycles. The van der Waals surface area contributed by atoms with E-state index >= 15 is 0 Å². The van der Waals surface area contributed by atoms with Crippen LogP contribution < -0.4 is 5.32 Å². The quantitative estimate of drug-likeness (QED) is 0.788. The lowest BCUT2D eigenvalue weighted by Gasteiger charge is -2.22. The lowest BCUT2D eigenvalue weighted by Crippen LogP contribution is -2.34. The van der Waals surface area contributed by atoms with Crippen molar-refractivity contribution >= 4 is 5.91 Å². The van der Waals surface area contributed by atoms with Crippen LogP contribution in [0, 0.1) is 0 Å². The van der Waals surface area contributed by atoms with Crippen LogP contribution in [0.15, 0.2) is 73.3 Å². The third-order valence-corrected chi connectivity index (χ3v) is 3.76. The number of aromatic nitrogens is 3. The van der Waals surface area contributed by atoms with Crippen LogP contribution in [-0.2, 0) is 4.79 Å². The second kappa shape index (κ2) is 6.87. The summed E-state index contributed by atoms with van der Waals surface area (Å²) in [4.78, 5) is 16.7. The summed E-state index contributed by atoms with van der Waals surface area (Å²) in [6.45, 7) is 1.83. The maximum Gasteiger partial charge on any atom is 0.245 e. The van der Waals surface area contributed by atoms with Gasteiger partial charge in [0.2, 0.25) is 5.91 Å². The highest BCUT2D eigenvalue weighted by Crippen LogP contribution is 2.22. The zero-order valence-electron chi connectivity index (χ0n) is 12.8. The molecule has 3 rings (SSSR count). The van der Waals surface area contributed by atoms with Crippen molar-refractivity contribution in [1.29, 1.82) is 0 Å². The standard InChI is InChI=1S/C18H18N4O/c1-14(22-13-5-10-20-22)18(23)21-17(15-6-3-2-4-7-15)16-8-11-19-12-9-16/h2-14,17H,1H3,(H,21,23). The zero-order chi connectivity index (χ0) is 16.1. The second-order valence-electron chi connectivity index (χ2n) is 5.29. The molecule has 0 fully saturated rings. The van der Waals surface area contributed by atoms with Crippen molar-refractivity contribution in [3.8, 4) is 0 Å². The lowest BCUT2D eigenvalue weighted by atomic mass is 9.99. The summed E-state index contributed by atoms with van der Waals surface area (Å²) < 4.78 is 1.64. The molecule has 2 aromatic heterocycles. The fourth-order valence-electron chi connectivity index (χ4n) is 2.45. The summed E-state index contributed by atoms with van der Waals surface area (Å²) in [5, 5.41) is 7.25. The lowest BCUT2D eigenvalue weighted by molar-refractivity contribution is -0.124. The molecule has 0 saturated carbocycles. The summed E-state index contributed by atoms with van der Waals surface area (Å²) in [7, 11) is 0. The number of carbonyl (C=O) groups is 1. The smallest absolute Gasteiger partial charge is 0.245 e. The van der Waals surface area contributed by atoms with Gasteiger partial charge < -0.3 is 5.32 Å². The Kier molecular flexibility index (Phi) is 4.47. The Labute approximate surface area is 135 Å². The van der Waals surface area contributed by atoms with Gasteiger partial charge in [0, 0.05) is 24.8 Å². The molecule has 5 nitrogen and oxygen atoms in total. The molecular formula is C18H18N4O. The molecule has 0 aliphatic carbocycles. The number of hydrogen-bond acceptors (Lipinski definition) is 3. The number of amides is 1. The highest BCUT2D eigenvalue weighted by molar-refractivity contribution is 5.80. The van der Waals surface area contributed by atoms with E-state index in [1.165, 1.54) is 0 Å². The maximum absolute atomic E-state index is 12.6. The Morgan fingerprint density at radius 1 is 1.00 bits per heavy atom. The SMILES string of the molecule is CC(C(=O)NC(c1ccccc1)c1ccncc1)n1cccn1. The predicted molar refractivity (Wildman–Crippen MR) is 87.6 cm³/mol. The maximum atomic E-state index is 12.6. The van der Waals surface area contributed by atoms with Gasteiger partial charge in [-0.05, 0) is 36.2 Å². The van der Waals surface area contributed by atoms with Crippen molar-refractivity contribution < 1.29 is 4.79 Å². The van der Waals surface area contributed by atoms with Gasteiger partial charge in [-0.1, -0.05) is 30.3 Å². The molecule has 0 bridgehead atoms. The number of benzene rings is 1. The molecule has 2 unspecified atom stereocenters. The van der Waals surface area contributed by atoms with Gasteiger partial charge in [-0.2, -0.15) is 5.10 Å². The molecule has 1 amide bonds. The van der Waals surface area contributed by atoms with Crippen molar-refractivity contribution in [2.24, 2.45) is 0 Å². The highest BCUT2D eigenvalue weighted by Gasteiger charge is 2.21. The van der Waals surface area contributed by atoms with E-state index in [9.17, 15) is 4.79 Å². The van der Waals surface area contributed by atoms with Crippen LogP contribution in [0.1, 0.15) is 30.1 Å². The van der Waals surface area contributed by atoms with Crippen molar-refractivity contribution in [3.05, 3.63) is 84.4 Å². The van der Waals surface area contributed by atoms with Gasteiger partial charge in [0.25, 0.3) is 0 Å². The van der Waals surface area contributed by atoms with Gasteiger partial charge >= 0.3 is 0 Å². The second-order valence-corrected chi connectivity index (χ2v) is 5.29. The zero-order valence-corrected chi connectivity index (χ0v) is 12.8. The highest BCUT2D eigenvalue weighted by atomic mass is 16.2. The van der Waals surface area contributed by atoms with Gasteiger partial charge in [-0.25, -0.2) is 0 Å². The van der Waals surface area contributed by atoms with Gasteiger partial charge in [0.1, 0.15) is 6.04 Å².